The zero-order chi connectivity index (χ0) is 22.9. The lowest BCUT2D eigenvalue weighted by atomic mass is 9.95. The fourth-order valence-corrected chi connectivity index (χ4v) is 4.65. The molecular formula is C20H20F3N5O3S. The third-order valence-electron chi connectivity index (χ3n) is 5.36. The van der Waals surface area contributed by atoms with Crippen LogP contribution in [0.25, 0.3) is 10.2 Å². The lowest BCUT2D eigenvalue weighted by Crippen LogP contribution is -2.44. The molecule has 0 bridgehead atoms. The van der Waals surface area contributed by atoms with Crippen molar-refractivity contribution in [1.29, 1.82) is 0 Å². The minimum absolute atomic E-state index is 0.155. The topological polar surface area (TPSA) is 91.4 Å². The van der Waals surface area contributed by atoms with E-state index < -0.39 is 17.8 Å². The number of nitrogens with one attached hydrogen (secondary N) is 1. The highest BCUT2D eigenvalue weighted by atomic mass is 32.1. The Kier molecular flexibility index (Phi) is 6.04. The number of amides is 2. The monoisotopic (exact) mass is 467 g/mol. The van der Waals surface area contributed by atoms with E-state index in [2.05, 4.69) is 15.0 Å². The molecule has 32 heavy (non-hydrogen) atoms. The summed E-state index contributed by atoms with van der Waals surface area (Å²) in [5.74, 6) is -0.546. The van der Waals surface area contributed by atoms with Gasteiger partial charge < -0.3 is 14.6 Å². The number of imidazole rings is 1. The number of thiazole rings is 1. The summed E-state index contributed by atoms with van der Waals surface area (Å²) >= 11 is 1.03. The van der Waals surface area contributed by atoms with E-state index in [0.717, 1.165) is 23.5 Å². The molecule has 1 fully saturated rings. The van der Waals surface area contributed by atoms with Gasteiger partial charge in [-0.15, -0.1) is 0 Å². The maximum Gasteiger partial charge on any atom is 0.416 e. The molecular weight excluding hydrogens is 447 g/mol. The second kappa shape index (κ2) is 8.77. The van der Waals surface area contributed by atoms with Gasteiger partial charge in [0.25, 0.3) is 0 Å². The molecule has 0 spiro atoms. The first-order chi connectivity index (χ1) is 15.3. The number of piperidine rings is 1. The van der Waals surface area contributed by atoms with Gasteiger partial charge in [0.1, 0.15) is 0 Å². The summed E-state index contributed by atoms with van der Waals surface area (Å²) in [7, 11) is 1.31. The standard InChI is InChI=1S/C20H20F3N5O3S/c1-31-19(30)27-6-4-12(5-7-27)17(29)28(10-14-9-24-11-25-14)18-26-15-3-2-13(20(21,22)23)8-16(15)32-18/h2-3,8-9,11-12H,4-7,10H2,1H3,(H,24,25). The van der Waals surface area contributed by atoms with Crippen LogP contribution < -0.4 is 4.90 Å². The van der Waals surface area contributed by atoms with E-state index in [1.165, 1.54) is 24.4 Å². The zero-order valence-electron chi connectivity index (χ0n) is 17.1. The minimum Gasteiger partial charge on any atom is -0.453 e. The predicted molar refractivity (Wildman–Crippen MR) is 111 cm³/mol. The normalized spacial score (nSPS) is 15.2. The molecule has 170 valence electrons. The van der Waals surface area contributed by atoms with Gasteiger partial charge in [-0.2, -0.15) is 13.2 Å². The number of anilines is 1. The Balaban J connectivity index is 1.61. The van der Waals surface area contributed by atoms with Crippen LogP contribution >= 0.6 is 11.3 Å². The summed E-state index contributed by atoms with van der Waals surface area (Å²) in [6, 6.07) is 3.34. The zero-order valence-corrected chi connectivity index (χ0v) is 17.9. The fraction of sp³-hybridized carbons (Fsp3) is 0.400. The predicted octanol–water partition coefficient (Wildman–Crippen LogP) is 4.05. The molecule has 0 saturated carbocycles. The molecule has 8 nitrogen and oxygen atoms in total. The summed E-state index contributed by atoms with van der Waals surface area (Å²) in [5, 5.41) is 0.314. The number of hydrogen-bond donors (Lipinski definition) is 1. The lowest BCUT2D eigenvalue weighted by Gasteiger charge is -2.32. The quantitative estimate of drug-likeness (QED) is 0.625. The van der Waals surface area contributed by atoms with Crippen LogP contribution in [0.3, 0.4) is 0 Å². The number of H-pyrrole nitrogens is 1. The number of hydrogen-bond acceptors (Lipinski definition) is 6. The minimum atomic E-state index is -4.46. The second-order valence-electron chi connectivity index (χ2n) is 7.41. The number of fused-ring (bicyclic) bond motifs is 1. The van der Waals surface area contributed by atoms with E-state index in [0.29, 0.717) is 47.0 Å². The molecule has 2 aromatic heterocycles. The van der Waals surface area contributed by atoms with Gasteiger partial charge in [-0.3, -0.25) is 9.69 Å². The van der Waals surface area contributed by atoms with Gasteiger partial charge in [0.2, 0.25) is 5.91 Å². The number of aromatic nitrogens is 3. The van der Waals surface area contributed by atoms with E-state index in [9.17, 15) is 22.8 Å². The molecule has 12 heteroatoms. The second-order valence-corrected chi connectivity index (χ2v) is 8.42. The summed E-state index contributed by atoms with van der Waals surface area (Å²) in [6.07, 6.45) is -0.919. The average molecular weight is 467 g/mol. The highest BCUT2D eigenvalue weighted by Gasteiger charge is 2.34. The highest BCUT2D eigenvalue weighted by Crippen LogP contribution is 2.36. The maximum absolute atomic E-state index is 13.4. The van der Waals surface area contributed by atoms with Crippen LogP contribution in [0.15, 0.2) is 30.7 Å². The molecule has 1 saturated heterocycles. The molecule has 4 rings (SSSR count). The van der Waals surface area contributed by atoms with Gasteiger partial charge in [-0.25, -0.2) is 14.8 Å². The van der Waals surface area contributed by atoms with Gasteiger partial charge in [-0.1, -0.05) is 11.3 Å². The van der Waals surface area contributed by atoms with Crippen LogP contribution in [-0.2, 0) is 22.3 Å². The van der Waals surface area contributed by atoms with Crippen LogP contribution in [0.4, 0.5) is 23.1 Å². The number of nitrogens with zero attached hydrogens (tertiary/aromatic N) is 4. The number of rotatable bonds is 4. The Morgan fingerprint density at radius 3 is 2.69 bits per heavy atom. The molecule has 1 aromatic carbocycles. The van der Waals surface area contributed by atoms with E-state index in [-0.39, 0.29) is 18.4 Å². The van der Waals surface area contributed by atoms with E-state index in [1.807, 2.05) is 0 Å². The number of halogens is 3. The molecule has 1 N–H and O–H groups in total. The van der Waals surface area contributed by atoms with Gasteiger partial charge in [-0.05, 0) is 31.0 Å². The molecule has 0 aliphatic carbocycles. The number of aromatic amines is 1. The smallest absolute Gasteiger partial charge is 0.416 e. The first kappa shape index (κ1) is 22.1. The molecule has 1 aliphatic heterocycles. The Morgan fingerprint density at radius 2 is 2.06 bits per heavy atom. The van der Waals surface area contributed by atoms with Gasteiger partial charge >= 0.3 is 12.3 Å². The largest absolute Gasteiger partial charge is 0.453 e. The Labute approximate surface area is 185 Å². The van der Waals surface area contributed by atoms with Crippen LogP contribution in [0.5, 0.6) is 0 Å². The number of methoxy groups -OCH3 is 1. The average Bonchev–Trinajstić information content (AvgIpc) is 3.44. The molecule has 3 aromatic rings. The Morgan fingerprint density at radius 1 is 1.31 bits per heavy atom. The van der Waals surface area contributed by atoms with E-state index >= 15 is 0 Å². The summed E-state index contributed by atoms with van der Waals surface area (Å²) < 4.78 is 44.3. The van der Waals surface area contributed by atoms with E-state index in [4.69, 9.17) is 4.74 Å². The first-order valence-corrected chi connectivity index (χ1v) is 10.7. The molecule has 0 radical (unpaired) electrons. The number of carbonyl (C=O) groups excluding carboxylic acids is 2. The van der Waals surface area contributed by atoms with Crippen molar-refractivity contribution in [3.05, 3.63) is 42.0 Å². The van der Waals surface area contributed by atoms with Crippen LogP contribution in [0.2, 0.25) is 0 Å². The molecule has 0 unspecified atom stereocenters. The van der Waals surface area contributed by atoms with Crippen LogP contribution in [0.1, 0.15) is 24.1 Å². The number of carbonyl (C=O) groups is 2. The third-order valence-corrected chi connectivity index (χ3v) is 6.40. The van der Waals surface area contributed by atoms with Crippen molar-refractivity contribution < 1.29 is 27.5 Å². The van der Waals surface area contributed by atoms with E-state index in [1.54, 1.807) is 11.1 Å². The molecule has 0 atom stereocenters. The first-order valence-electron chi connectivity index (χ1n) is 9.85. The molecule has 3 heterocycles. The molecule has 1 aliphatic rings. The van der Waals surface area contributed by atoms with Gasteiger partial charge in [0, 0.05) is 25.2 Å². The number of ether oxygens (including phenoxy) is 1. The third kappa shape index (κ3) is 4.54. The van der Waals surface area contributed by atoms with Crippen molar-refractivity contribution in [2.75, 3.05) is 25.1 Å². The Bertz CT molecular complexity index is 1110. The van der Waals surface area contributed by atoms with Crippen LogP contribution in [0, 0.1) is 5.92 Å². The van der Waals surface area contributed by atoms with Crippen molar-refractivity contribution in [3.8, 4) is 0 Å². The van der Waals surface area contributed by atoms with Gasteiger partial charge in [0.05, 0.1) is 41.5 Å². The Hall–Kier alpha value is -3.15. The van der Waals surface area contributed by atoms with Crippen molar-refractivity contribution in [2.24, 2.45) is 5.92 Å². The number of likely N-dealkylation sites (tertiary alicyclic amines) is 1. The highest BCUT2D eigenvalue weighted by molar-refractivity contribution is 7.22. The fourth-order valence-electron chi connectivity index (χ4n) is 3.64. The SMILES string of the molecule is COC(=O)N1CCC(C(=O)N(Cc2cnc[nH]2)c2nc3ccc(C(F)(F)F)cc3s2)CC1. The number of benzene rings is 1. The van der Waals surface area contributed by atoms with Crippen molar-refractivity contribution in [3.63, 3.8) is 0 Å². The van der Waals surface area contributed by atoms with Crippen molar-refractivity contribution in [2.45, 2.75) is 25.6 Å². The summed E-state index contributed by atoms with van der Waals surface area (Å²) in [5.41, 5.74) is 0.295. The van der Waals surface area contributed by atoms with Gasteiger partial charge in [0.15, 0.2) is 5.13 Å². The summed E-state index contributed by atoms with van der Waals surface area (Å²) in [4.78, 5) is 39.5. The van der Waals surface area contributed by atoms with Crippen LogP contribution in [-0.4, -0.2) is 52.1 Å². The lowest BCUT2D eigenvalue weighted by molar-refractivity contribution is -0.137. The van der Waals surface area contributed by atoms with Crippen molar-refractivity contribution >= 4 is 38.7 Å². The maximum atomic E-state index is 13.4. The number of alkyl halides is 3. The van der Waals surface area contributed by atoms with Crippen molar-refractivity contribution in [1.82, 2.24) is 19.9 Å². The summed E-state index contributed by atoms with van der Waals surface area (Å²) in [6.45, 7) is 0.924. The molecule has 2 amide bonds.